The third-order valence-corrected chi connectivity index (χ3v) is 7.14. The highest BCUT2D eigenvalue weighted by Crippen LogP contribution is 2.50. The zero-order valence-electron chi connectivity index (χ0n) is 16.3. The average Bonchev–Trinajstić information content (AvgIpc) is 2.60. The fourth-order valence-corrected chi connectivity index (χ4v) is 5.53. The van der Waals surface area contributed by atoms with E-state index in [9.17, 15) is 13.2 Å². The number of hydrogen-bond acceptors (Lipinski definition) is 0. The second kappa shape index (κ2) is 10.2. The summed E-state index contributed by atoms with van der Waals surface area (Å²) in [7, 11) is 0. The zero-order chi connectivity index (χ0) is 18.2. The highest BCUT2D eigenvalue weighted by Gasteiger charge is 2.37. The van der Waals surface area contributed by atoms with Crippen LogP contribution in [0.2, 0.25) is 0 Å². The van der Waals surface area contributed by atoms with E-state index in [0.29, 0.717) is 11.8 Å². The number of unbranched alkanes of at least 4 members (excludes halogenated alkanes) is 3. The predicted molar refractivity (Wildman–Crippen MR) is 99.6 cm³/mol. The van der Waals surface area contributed by atoms with Crippen molar-refractivity contribution in [2.24, 2.45) is 17.3 Å². The molecule has 0 spiro atoms. The molecule has 0 aromatic heterocycles. The maximum atomic E-state index is 12.4. The van der Waals surface area contributed by atoms with Gasteiger partial charge in [-0.15, -0.1) is 0 Å². The van der Waals surface area contributed by atoms with Crippen molar-refractivity contribution in [3.05, 3.63) is 0 Å². The van der Waals surface area contributed by atoms with Crippen LogP contribution in [-0.2, 0) is 0 Å². The molecule has 2 aliphatic carbocycles. The van der Waals surface area contributed by atoms with Crippen LogP contribution in [0.5, 0.6) is 0 Å². The third kappa shape index (κ3) is 7.51. The van der Waals surface area contributed by atoms with Gasteiger partial charge in [0.25, 0.3) is 0 Å². The molecular weight excluding hydrogens is 321 g/mol. The van der Waals surface area contributed by atoms with Crippen LogP contribution in [0.3, 0.4) is 0 Å². The van der Waals surface area contributed by atoms with E-state index in [1.165, 1.54) is 83.5 Å². The van der Waals surface area contributed by atoms with Crippen LogP contribution in [0.25, 0.3) is 0 Å². The number of hydrogen-bond donors (Lipinski definition) is 0. The summed E-state index contributed by atoms with van der Waals surface area (Å²) in [6.07, 6.45) is 14.9. The van der Waals surface area contributed by atoms with Gasteiger partial charge in [-0.1, -0.05) is 64.7 Å². The lowest BCUT2D eigenvalue weighted by Gasteiger charge is -2.44. The normalized spacial score (nSPS) is 29.0. The maximum Gasteiger partial charge on any atom is 0.389 e. The van der Waals surface area contributed by atoms with Crippen molar-refractivity contribution < 1.29 is 13.2 Å². The van der Waals surface area contributed by atoms with Crippen LogP contribution in [-0.4, -0.2) is 6.18 Å². The summed E-state index contributed by atoms with van der Waals surface area (Å²) < 4.78 is 37.3. The molecule has 2 fully saturated rings. The molecule has 0 bridgehead atoms. The molecular formula is C22H39F3. The standard InChI is InChI=1S/C22H39F3/c1-2-3-7-14-21(15-8-9-16-22(23,24)25)17-12-20(13-18-21)19-10-5-4-6-11-19/h19-20H,2-18H2,1H3. The minimum absolute atomic E-state index is 0.324. The SMILES string of the molecule is CCCCCC1(CCCCC(F)(F)F)CCC(C2CCCCC2)CC1. The molecule has 0 aliphatic heterocycles. The Labute approximate surface area is 153 Å². The summed E-state index contributed by atoms with van der Waals surface area (Å²) in [5.74, 6) is 1.86. The van der Waals surface area contributed by atoms with Gasteiger partial charge in [0.05, 0.1) is 0 Å². The first-order valence-electron chi connectivity index (χ1n) is 11.0. The van der Waals surface area contributed by atoms with Crippen molar-refractivity contribution in [1.29, 1.82) is 0 Å². The van der Waals surface area contributed by atoms with E-state index in [1.54, 1.807) is 0 Å². The molecule has 0 radical (unpaired) electrons. The minimum Gasteiger partial charge on any atom is -0.171 e. The van der Waals surface area contributed by atoms with Gasteiger partial charge in [-0.05, 0) is 62.2 Å². The van der Waals surface area contributed by atoms with Crippen LogP contribution in [0, 0.1) is 17.3 Å². The average molecular weight is 361 g/mol. The van der Waals surface area contributed by atoms with Gasteiger partial charge in [0.2, 0.25) is 0 Å². The Morgan fingerprint density at radius 2 is 1.32 bits per heavy atom. The van der Waals surface area contributed by atoms with Crippen LogP contribution < -0.4 is 0 Å². The van der Waals surface area contributed by atoms with Gasteiger partial charge in [-0.2, -0.15) is 13.2 Å². The Morgan fingerprint density at radius 3 is 1.88 bits per heavy atom. The highest BCUT2D eigenvalue weighted by molar-refractivity contribution is 4.88. The second-order valence-electron chi connectivity index (χ2n) is 9.01. The number of rotatable bonds is 9. The molecule has 0 heterocycles. The lowest BCUT2D eigenvalue weighted by molar-refractivity contribution is -0.136. The van der Waals surface area contributed by atoms with Crippen LogP contribution >= 0.6 is 0 Å². The van der Waals surface area contributed by atoms with Gasteiger partial charge >= 0.3 is 6.18 Å². The van der Waals surface area contributed by atoms with Crippen LogP contribution in [0.1, 0.15) is 116 Å². The molecule has 0 N–H and O–H groups in total. The monoisotopic (exact) mass is 360 g/mol. The van der Waals surface area contributed by atoms with E-state index < -0.39 is 12.6 Å². The quantitative estimate of drug-likeness (QED) is 0.362. The minimum atomic E-state index is -3.98. The zero-order valence-corrected chi connectivity index (χ0v) is 16.3. The van der Waals surface area contributed by atoms with Gasteiger partial charge in [0, 0.05) is 6.42 Å². The number of alkyl halides is 3. The smallest absolute Gasteiger partial charge is 0.171 e. The van der Waals surface area contributed by atoms with Crippen molar-refractivity contribution in [3.8, 4) is 0 Å². The van der Waals surface area contributed by atoms with Gasteiger partial charge in [0.1, 0.15) is 0 Å². The highest BCUT2D eigenvalue weighted by atomic mass is 19.4. The van der Waals surface area contributed by atoms with Crippen LogP contribution in [0.4, 0.5) is 13.2 Å². The lowest BCUT2D eigenvalue weighted by atomic mass is 9.62. The fraction of sp³-hybridized carbons (Fsp3) is 1.00. The van der Waals surface area contributed by atoms with Crippen molar-refractivity contribution in [2.75, 3.05) is 0 Å². The first-order valence-corrected chi connectivity index (χ1v) is 11.0. The molecule has 3 heteroatoms. The van der Waals surface area contributed by atoms with E-state index in [2.05, 4.69) is 6.92 Å². The molecule has 0 unspecified atom stereocenters. The van der Waals surface area contributed by atoms with Gasteiger partial charge in [0.15, 0.2) is 0 Å². The molecule has 2 saturated carbocycles. The molecule has 2 aliphatic rings. The molecule has 0 amide bonds. The summed E-state index contributed by atoms with van der Waals surface area (Å²) in [4.78, 5) is 0. The fourth-order valence-electron chi connectivity index (χ4n) is 5.53. The Bertz CT molecular complexity index is 347. The van der Waals surface area contributed by atoms with Gasteiger partial charge < -0.3 is 0 Å². The third-order valence-electron chi connectivity index (χ3n) is 7.14. The van der Waals surface area contributed by atoms with E-state index in [-0.39, 0.29) is 0 Å². The van der Waals surface area contributed by atoms with E-state index in [1.807, 2.05) is 0 Å². The molecule has 0 saturated heterocycles. The molecule has 2 rings (SSSR count). The van der Waals surface area contributed by atoms with Crippen molar-refractivity contribution in [3.63, 3.8) is 0 Å². The van der Waals surface area contributed by atoms with E-state index in [4.69, 9.17) is 0 Å². The van der Waals surface area contributed by atoms with E-state index in [0.717, 1.165) is 24.7 Å². The maximum absolute atomic E-state index is 12.4. The lowest BCUT2D eigenvalue weighted by Crippen LogP contribution is -2.31. The van der Waals surface area contributed by atoms with Gasteiger partial charge in [-0.3, -0.25) is 0 Å². The Morgan fingerprint density at radius 1 is 0.760 bits per heavy atom. The van der Waals surface area contributed by atoms with Crippen molar-refractivity contribution in [1.82, 2.24) is 0 Å². The van der Waals surface area contributed by atoms with E-state index >= 15 is 0 Å². The Kier molecular flexibility index (Phi) is 8.61. The van der Waals surface area contributed by atoms with Crippen molar-refractivity contribution in [2.45, 2.75) is 122 Å². The summed E-state index contributed by atoms with van der Waals surface area (Å²) in [5.41, 5.74) is 0.367. The number of halogens is 3. The predicted octanol–water partition coefficient (Wildman–Crippen LogP) is 8.45. The first-order chi connectivity index (χ1) is 11.9. The summed E-state index contributed by atoms with van der Waals surface area (Å²) >= 11 is 0. The largest absolute Gasteiger partial charge is 0.389 e. The molecule has 148 valence electrons. The molecule has 0 aromatic rings. The first kappa shape index (κ1) is 21.1. The van der Waals surface area contributed by atoms with Crippen molar-refractivity contribution >= 4 is 0 Å². The molecule has 0 atom stereocenters. The van der Waals surface area contributed by atoms with Gasteiger partial charge in [-0.25, -0.2) is 0 Å². The topological polar surface area (TPSA) is 0 Å². The second-order valence-corrected chi connectivity index (χ2v) is 9.01. The molecule has 0 aromatic carbocycles. The summed E-state index contributed by atoms with van der Waals surface area (Å²) in [6.45, 7) is 2.23. The molecule has 0 nitrogen and oxygen atoms in total. The summed E-state index contributed by atoms with van der Waals surface area (Å²) in [5, 5.41) is 0. The van der Waals surface area contributed by atoms with Crippen LogP contribution in [0.15, 0.2) is 0 Å². The Balaban J connectivity index is 1.81. The summed E-state index contributed by atoms with van der Waals surface area (Å²) in [6, 6.07) is 0. The Hall–Kier alpha value is -0.210. The molecule has 25 heavy (non-hydrogen) atoms.